The number of ether oxygens (including phenoxy) is 1. The van der Waals surface area contributed by atoms with Crippen molar-refractivity contribution in [2.24, 2.45) is 0 Å². The van der Waals surface area contributed by atoms with Gasteiger partial charge in [0.1, 0.15) is 11.8 Å². The number of likely N-dealkylation sites (N-methyl/N-ethyl adjacent to an activating group) is 1. The number of carbonyl (C=O) groups is 1. The standard InChI is InChI=1S/C12H16ClNO3/c1-4-17-11-6-5-9(7-10(11)13)14(3)8(2)12(15)16/h5-8H,4H2,1-3H3,(H,15,16). The van der Waals surface area contributed by atoms with Gasteiger partial charge in [0.25, 0.3) is 0 Å². The molecule has 0 fully saturated rings. The lowest BCUT2D eigenvalue weighted by molar-refractivity contribution is -0.138. The molecule has 0 spiro atoms. The van der Waals surface area contributed by atoms with E-state index in [9.17, 15) is 4.79 Å². The minimum absolute atomic E-state index is 0.480. The number of benzene rings is 1. The number of rotatable bonds is 5. The zero-order valence-corrected chi connectivity index (χ0v) is 10.9. The quantitative estimate of drug-likeness (QED) is 0.881. The normalized spacial score (nSPS) is 12.0. The van der Waals surface area contributed by atoms with Gasteiger partial charge in [-0.3, -0.25) is 0 Å². The highest BCUT2D eigenvalue weighted by molar-refractivity contribution is 6.32. The number of aliphatic carboxylic acids is 1. The van der Waals surface area contributed by atoms with Crippen LogP contribution in [0.4, 0.5) is 5.69 Å². The summed E-state index contributed by atoms with van der Waals surface area (Å²) in [5, 5.41) is 9.40. The molecular formula is C12H16ClNO3. The summed E-state index contributed by atoms with van der Waals surface area (Å²) in [5.74, 6) is -0.271. The summed E-state index contributed by atoms with van der Waals surface area (Å²) in [4.78, 5) is 12.5. The fraction of sp³-hybridized carbons (Fsp3) is 0.417. The van der Waals surface area contributed by atoms with Crippen LogP contribution >= 0.6 is 11.6 Å². The molecule has 1 aromatic carbocycles. The Bertz CT molecular complexity index is 409. The number of carboxylic acid groups (broad SMARTS) is 1. The average molecular weight is 258 g/mol. The van der Waals surface area contributed by atoms with Crippen LogP contribution in [-0.2, 0) is 4.79 Å². The minimum atomic E-state index is -0.877. The van der Waals surface area contributed by atoms with Crippen molar-refractivity contribution >= 4 is 23.3 Å². The van der Waals surface area contributed by atoms with Crippen molar-refractivity contribution in [1.29, 1.82) is 0 Å². The highest BCUT2D eigenvalue weighted by atomic mass is 35.5. The van der Waals surface area contributed by atoms with Gasteiger partial charge in [-0.2, -0.15) is 0 Å². The maximum atomic E-state index is 10.9. The fourth-order valence-electron chi connectivity index (χ4n) is 1.37. The van der Waals surface area contributed by atoms with Gasteiger partial charge in [-0.25, -0.2) is 4.79 Å². The van der Waals surface area contributed by atoms with Crippen LogP contribution < -0.4 is 9.64 Å². The second kappa shape index (κ2) is 5.77. The van der Waals surface area contributed by atoms with E-state index in [-0.39, 0.29) is 0 Å². The van der Waals surface area contributed by atoms with E-state index < -0.39 is 12.0 Å². The van der Waals surface area contributed by atoms with E-state index in [4.69, 9.17) is 21.4 Å². The number of anilines is 1. The van der Waals surface area contributed by atoms with E-state index in [2.05, 4.69) is 0 Å². The van der Waals surface area contributed by atoms with Gasteiger partial charge in [-0.15, -0.1) is 0 Å². The number of hydrogen-bond acceptors (Lipinski definition) is 3. The summed E-state index contributed by atoms with van der Waals surface area (Å²) in [6.07, 6.45) is 0. The first-order valence-corrected chi connectivity index (χ1v) is 5.73. The van der Waals surface area contributed by atoms with Gasteiger partial charge in [-0.05, 0) is 32.0 Å². The molecule has 1 N–H and O–H groups in total. The van der Waals surface area contributed by atoms with E-state index in [0.717, 1.165) is 5.69 Å². The Labute approximate surface area is 106 Å². The van der Waals surface area contributed by atoms with Gasteiger partial charge in [0.2, 0.25) is 0 Å². The van der Waals surface area contributed by atoms with Gasteiger partial charge in [0.15, 0.2) is 0 Å². The molecule has 5 heteroatoms. The predicted molar refractivity (Wildman–Crippen MR) is 68.1 cm³/mol. The fourth-order valence-corrected chi connectivity index (χ4v) is 1.60. The summed E-state index contributed by atoms with van der Waals surface area (Å²) < 4.78 is 5.31. The highest BCUT2D eigenvalue weighted by Gasteiger charge is 2.17. The molecule has 17 heavy (non-hydrogen) atoms. The molecule has 0 heterocycles. The van der Waals surface area contributed by atoms with Crippen LogP contribution in [0.3, 0.4) is 0 Å². The second-order valence-electron chi connectivity index (χ2n) is 3.67. The summed E-state index contributed by atoms with van der Waals surface area (Å²) in [5.41, 5.74) is 0.744. The van der Waals surface area contributed by atoms with Crippen molar-refractivity contribution < 1.29 is 14.6 Å². The molecule has 0 bridgehead atoms. The molecule has 1 rings (SSSR count). The molecular weight excluding hydrogens is 242 g/mol. The number of carboxylic acids is 1. The third kappa shape index (κ3) is 3.27. The van der Waals surface area contributed by atoms with Crippen LogP contribution in [0, 0.1) is 0 Å². The molecule has 1 aromatic rings. The maximum absolute atomic E-state index is 10.9. The Kier molecular flexibility index (Phi) is 4.63. The smallest absolute Gasteiger partial charge is 0.326 e. The Balaban J connectivity index is 2.93. The molecule has 0 radical (unpaired) electrons. The van der Waals surface area contributed by atoms with E-state index in [0.29, 0.717) is 17.4 Å². The first-order chi connectivity index (χ1) is 7.97. The molecule has 0 aromatic heterocycles. The van der Waals surface area contributed by atoms with E-state index in [1.807, 2.05) is 6.92 Å². The molecule has 1 atom stereocenters. The Morgan fingerprint density at radius 2 is 2.24 bits per heavy atom. The van der Waals surface area contributed by atoms with Crippen LogP contribution in [0.1, 0.15) is 13.8 Å². The van der Waals surface area contributed by atoms with Crippen molar-refractivity contribution in [3.05, 3.63) is 23.2 Å². The Morgan fingerprint density at radius 1 is 1.59 bits per heavy atom. The van der Waals surface area contributed by atoms with Crippen LogP contribution in [0.5, 0.6) is 5.75 Å². The number of halogens is 1. The maximum Gasteiger partial charge on any atom is 0.326 e. The van der Waals surface area contributed by atoms with Crippen molar-refractivity contribution in [3.63, 3.8) is 0 Å². The van der Waals surface area contributed by atoms with Crippen LogP contribution in [0.25, 0.3) is 0 Å². The van der Waals surface area contributed by atoms with Gasteiger partial charge < -0.3 is 14.7 Å². The lowest BCUT2D eigenvalue weighted by Crippen LogP contribution is -2.35. The monoisotopic (exact) mass is 257 g/mol. The molecule has 94 valence electrons. The summed E-state index contributed by atoms with van der Waals surface area (Å²) in [6, 6.07) is 4.62. The van der Waals surface area contributed by atoms with Crippen LogP contribution in [-0.4, -0.2) is 30.8 Å². The number of nitrogens with zero attached hydrogens (tertiary/aromatic N) is 1. The average Bonchev–Trinajstić information content (AvgIpc) is 2.30. The zero-order valence-electron chi connectivity index (χ0n) is 10.1. The van der Waals surface area contributed by atoms with Gasteiger partial charge in [-0.1, -0.05) is 11.6 Å². The summed E-state index contributed by atoms with van der Waals surface area (Å²) in [7, 11) is 1.71. The molecule has 1 unspecified atom stereocenters. The van der Waals surface area contributed by atoms with E-state index in [1.54, 1.807) is 37.1 Å². The van der Waals surface area contributed by atoms with Gasteiger partial charge >= 0.3 is 5.97 Å². The first kappa shape index (κ1) is 13.6. The topological polar surface area (TPSA) is 49.8 Å². The van der Waals surface area contributed by atoms with E-state index in [1.165, 1.54) is 0 Å². The lowest BCUT2D eigenvalue weighted by atomic mass is 10.2. The Hall–Kier alpha value is -1.42. The van der Waals surface area contributed by atoms with Crippen molar-refractivity contribution in [3.8, 4) is 5.75 Å². The summed E-state index contributed by atoms with van der Waals surface area (Å²) in [6.45, 7) is 4.04. The third-order valence-electron chi connectivity index (χ3n) is 2.56. The largest absolute Gasteiger partial charge is 0.492 e. The van der Waals surface area contributed by atoms with Crippen molar-refractivity contribution in [1.82, 2.24) is 0 Å². The summed E-state index contributed by atoms with van der Waals surface area (Å²) >= 11 is 6.04. The first-order valence-electron chi connectivity index (χ1n) is 5.35. The molecule has 0 saturated carbocycles. The second-order valence-corrected chi connectivity index (χ2v) is 4.08. The molecule has 0 aliphatic rings. The van der Waals surface area contributed by atoms with Crippen molar-refractivity contribution in [2.45, 2.75) is 19.9 Å². The van der Waals surface area contributed by atoms with Crippen LogP contribution in [0.2, 0.25) is 5.02 Å². The predicted octanol–water partition coefficient (Wildman–Crippen LogP) is 2.65. The molecule has 4 nitrogen and oxygen atoms in total. The van der Waals surface area contributed by atoms with Crippen molar-refractivity contribution in [2.75, 3.05) is 18.6 Å². The lowest BCUT2D eigenvalue weighted by Gasteiger charge is -2.24. The highest BCUT2D eigenvalue weighted by Crippen LogP contribution is 2.29. The molecule has 0 aliphatic heterocycles. The Morgan fingerprint density at radius 3 is 2.71 bits per heavy atom. The van der Waals surface area contributed by atoms with Gasteiger partial charge in [0, 0.05) is 12.7 Å². The molecule has 0 aliphatic carbocycles. The number of hydrogen-bond donors (Lipinski definition) is 1. The SMILES string of the molecule is CCOc1ccc(N(C)C(C)C(=O)O)cc1Cl. The minimum Gasteiger partial charge on any atom is -0.492 e. The third-order valence-corrected chi connectivity index (χ3v) is 2.86. The van der Waals surface area contributed by atoms with E-state index >= 15 is 0 Å². The zero-order chi connectivity index (χ0) is 13.0. The molecule has 0 amide bonds. The van der Waals surface area contributed by atoms with Gasteiger partial charge in [0.05, 0.1) is 11.6 Å². The van der Waals surface area contributed by atoms with Crippen LogP contribution in [0.15, 0.2) is 18.2 Å². The molecule has 0 saturated heterocycles.